The molecule has 0 spiro atoms. The molecule has 224 valence electrons. The highest BCUT2D eigenvalue weighted by molar-refractivity contribution is 5.97. The predicted molar refractivity (Wildman–Crippen MR) is 159 cm³/mol. The number of azo groups is 2. The van der Waals surface area contributed by atoms with Crippen molar-refractivity contribution in [2.24, 2.45) is 20.5 Å². The van der Waals surface area contributed by atoms with E-state index in [-0.39, 0.29) is 55.2 Å². The summed E-state index contributed by atoms with van der Waals surface area (Å²) in [5.74, 6) is 1.17. The van der Waals surface area contributed by atoms with Crippen molar-refractivity contribution in [3.05, 3.63) is 60.7 Å². The molecule has 13 nitrogen and oxygen atoms in total. The number of benzene rings is 4. The molecule has 0 bridgehead atoms. The Hall–Kier alpha value is -5.27. The van der Waals surface area contributed by atoms with Crippen LogP contribution in [0.3, 0.4) is 0 Å². The van der Waals surface area contributed by atoms with Gasteiger partial charge in [-0.3, -0.25) is 4.79 Å². The quantitative estimate of drug-likeness (QED) is 0.135. The lowest BCUT2D eigenvalue weighted by Crippen LogP contribution is -2.05. The third kappa shape index (κ3) is 7.72. The summed E-state index contributed by atoms with van der Waals surface area (Å²) in [5, 5.41) is 50.2. The van der Waals surface area contributed by atoms with E-state index in [1.165, 1.54) is 21.1 Å². The van der Waals surface area contributed by atoms with E-state index < -0.39 is 0 Å². The summed E-state index contributed by atoms with van der Waals surface area (Å²) < 4.78 is 22.0. The topological polar surface area (TPSA) is 176 Å². The summed E-state index contributed by atoms with van der Waals surface area (Å²) in [6.07, 6.45) is 0. The molecule has 0 aliphatic heterocycles. The van der Waals surface area contributed by atoms with Crippen LogP contribution in [0.5, 0.6) is 28.7 Å². The maximum atomic E-state index is 11.4. The van der Waals surface area contributed by atoms with Gasteiger partial charge in [0.05, 0.1) is 27.4 Å². The maximum Gasteiger partial charge on any atom is 0.221 e. The monoisotopic (exact) mass is 589 g/mol. The van der Waals surface area contributed by atoms with Crippen LogP contribution in [0.25, 0.3) is 10.8 Å². The van der Waals surface area contributed by atoms with Crippen LogP contribution in [0.15, 0.2) is 81.1 Å². The number of aromatic hydroxyl groups is 1. The van der Waals surface area contributed by atoms with Crippen molar-refractivity contribution in [2.75, 3.05) is 46.0 Å². The van der Waals surface area contributed by atoms with Gasteiger partial charge in [-0.2, -0.15) is 0 Å². The molecular formula is C30H31N5O8. The average Bonchev–Trinajstić information content (AvgIpc) is 3.01. The number of methoxy groups -OCH3 is 2. The summed E-state index contributed by atoms with van der Waals surface area (Å²) in [5.41, 5.74) is 1.78. The Balaban J connectivity index is 1.66. The first-order valence-corrected chi connectivity index (χ1v) is 13.1. The normalized spacial score (nSPS) is 11.3. The molecule has 0 heterocycles. The zero-order chi connectivity index (χ0) is 30.8. The summed E-state index contributed by atoms with van der Waals surface area (Å²) >= 11 is 0. The largest absolute Gasteiger partial charge is 0.505 e. The smallest absolute Gasteiger partial charge is 0.221 e. The van der Waals surface area contributed by atoms with Gasteiger partial charge in [-0.05, 0) is 41.8 Å². The van der Waals surface area contributed by atoms with Gasteiger partial charge in [0, 0.05) is 36.2 Å². The number of amides is 1. The molecule has 0 fully saturated rings. The van der Waals surface area contributed by atoms with Crippen LogP contribution in [0.4, 0.5) is 28.4 Å². The molecule has 0 atom stereocenters. The van der Waals surface area contributed by atoms with Crippen molar-refractivity contribution in [3.8, 4) is 28.7 Å². The van der Waals surface area contributed by atoms with Crippen LogP contribution in [0.1, 0.15) is 6.92 Å². The zero-order valence-electron chi connectivity index (χ0n) is 23.8. The maximum absolute atomic E-state index is 11.4. The van der Waals surface area contributed by atoms with E-state index in [2.05, 4.69) is 25.8 Å². The molecule has 4 aromatic carbocycles. The lowest BCUT2D eigenvalue weighted by Gasteiger charge is -2.12. The van der Waals surface area contributed by atoms with E-state index >= 15 is 0 Å². The fraction of sp³-hybridized carbons (Fsp3) is 0.233. The van der Waals surface area contributed by atoms with Crippen molar-refractivity contribution in [1.29, 1.82) is 0 Å². The van der Waals surface area contributed by atoms with Gasteiger partial charge < -0.3 is 39.6 Å². The lowest BCUT2D eigenvalue weighted by atomic mass is 10.1. The van der Waals surface area contributed by atoms with Gasteiger partial charge in [-0.1, -0.05) is 6.07 Å². The second-order valence-electron chi connectivity index (χ2n) is 8.92. The Labute approximate surface area is 247 Å². The standard InChI is InChI=1S/C30H31N5O8/c1-18(38)31-20-5-7-22-19(14-20)4-8-24(30(22)39)33-35-26-16-28(41-3)25(17-29(26)43-13-11-37)34-32-23-9-6-21(42-12-10-36)15-27(23)40-2/h4-9,14-17,36-37,39H,10-13H2,1-3H3,(H,31,38). The molecule has 4 N–H and O–H groups in total. The summed E-state index contributed by atoms with van der Waals surface area (Å²) in [6.45, 7) is 1.18. The van der Waals surface area contributed by atoms with Gasteiger partial charge in [0.2, 0.25) is 5.91 Å². The number of nitrogens with zero attached hydrogens (tertiary/aromatic N) is 4. The first kappa shape index (κ1) is 30.7. The SMILES string of the molecule is COc1cc(OCCO)ccc1N=Nc1cc(OCCO)c(N=Nc2ccc3cc(NC(C)=O)ccc3c2O)cc1OC. The predicted octanol–water partition coefficient (Wildman–Crippen LogP) is 6.09. The highest BCUT2D eigenvalue weighted by Crippen LogP contribution is 2.43. The highest BCUT2D eigenvalue weighted by atomic mass is 16.5. The molecule has 0 aliphatic carbocycles. The van der Waals surface area contributed by atoms with E-state index in [1.807, 2.05) is 0 Å². The van der Waals surface area contributed by atoms with Gasteiger partial charge in [0.1, 0.15) is 59.0 Å². The first-order chi connectivity index (χ1) is 20.9. The van der Waals surface area contributed by atoms with Crippen LogP contribution in [-0.2, 0) is 4.79 Å². The lowest BCUT2D eigenvalue weighted by molar-refractivity contribution is -0.114. The number of nitrogens with one attached hydrogen (secondary N) is 1. The Bertz CT molecular complexity index is 1660. The van der Waals surface area contributed by atoms with E-state index in [0.717, 1.165) is 0 Å². The van der Waals surface area contributed by atoms with E-state index in [9.17, 15) is 15.0 Å². The van der Waals surface area contributed by atoms with Gasteiger partial charge in [-0.15, -0.1) is 20.5 Å². The Kier molecular flexibility index (Phi) is 10.4. The molecule has 1 amide bonds. The van der Waals surface area contributed by atoms with Gasteiger partial charge in [0.25, 0.3) is 0 Å². The summed E-state index contributed by atoms with van der Waals surface area (Å²) in [7, 11) is 2.95. The van der Waals surface area contributed by atoms with Crippen molar-refractivity contribution < 1.29 is 39.1 Å². The molecular weight excluding hydrogens is 558 g/mol. The zero-order valence-corrected chi connectivity index (χ0v) is 23.8. The van der Waals surface area contributed by atoms with Gasteiger partial charge in [-0.25, -0.2) is 0 Å². The van der Waals surface area contributed by atoms with Crippen molar-refractivity contribution in [1.82, 2.24) is 0 Å². The molecule has 0 aliphatic rings. The van der Waals surface area contributed by atoms with Crippen molar-refractivity contribution >= 4 is 45.1 Å². The number of aliphatic hydroxyl groups is 2. The molecule has 0 unspecified atom stereocenters. The molecule has 0 saturated heterocycles. The van der Waals surface area contributed by atoms with E-state index in [4.69, 9.17) is 24.1 Å². The van der Waals surface area contributed by atoms with Crippen LogP contribution in [0, 0.1) is 0 Å². The summed E-state index contributed by atoms with van der Waals surface area (Å²) in [4.78, 5) is 11.4. The highest BCUT2D eigenvalue weighted by Gasteiger charge is 2.14. The number of phenolic OH excluding ortho intramolecular Hbond substituents is 1. The minimum atomic E-state index is -0.243. The Morgan fingerprint density at radius 3 is 2.02 bits per heavy atom. The number of rotatable bonds is 13. The number of anilines is 1. The number of hydrogen-bond acceptors (Lipinski definition) is 12. The number of aliphatic hydroxyl groups excluding tert-OH is 2. The molecule has 0 radical (unpaired) electrons. The van der Waals surface area contributed by atoms with Crippen LogP contribution in [-0.4, -0.2) is 61.9 Å². The van der Waals surface area contributed by atoms with Gasteiger partial charge >= 0.3 is 0 Å². The van der Waals surface area contributed by atoms with E-state index in [0.29, 0.717) is 45.1 Å². The molecule has 4 aromatic rings. The Morgan fingerprint density at radius 1 is 0.721 bits per heavy atom. The second kappa shape index (κ2) is 14.6. The minimum Gasteiger partial charge on any atom is -0.505 e. The summed E-state index contributed by atoms with van der Waals surface area (Å²) in [6, 6.07) is 16.5. The fourth-order valence-corrected chi connectivity index (χ4v) is 4.00. The van der Waals surface area contributed by atoms with Gasteiger partial charge in [0.15, 0.2) is 5.75 Å². The third-order valence-corrected chi connectivity index (χ3v) is 5.94. The number of carbonyl (C=O) groups excluding carboxylic acids is 1. The van der Waals surface area contributed by atoms with Crippen molar-refractivity contribution in [2.45, 2.75) is 6.92 Å². The number of fused-ring (bicyclic) bond motifs is 1. The number of carbonyl (C=O) groups is 1. The molecule has 0 aromatic heterocycles. The molecule has 13 heteroatoms. The van der Waals surface area contributed by atoms with Crippen LogP contribution >= 0.6 is 0 Å². The van der Waals surface area contributed by atoms with Crippen LogP contribution in [0.2, 0.25) is 0 Å². The third-order valence-electron chi connectivity index (χ3n) is 5.94. The number of phenols is 1. The molecule has 43 heavy (non-hydrogen) atoms. The Morgan fingerprint density at radius 2 is 1.33 bits per heavy atom. The second-order valence-corrected chi connectivity index (χ2v) is 8.92. The van der Waals surface area contributed by atoms with Crippen LogP contribution < -0.4 is 24.3 Å². The van der Waals surface area contributed by atoms with Crippen molar-refractivity contribution in [3.63, 3.8) is 0 Å². The minimum absolute atomic E-state index is 0.0214. The first-order valence-electron chi connectivity index (χ1n) is 13.1. The average molecular weight is 590 g/mol. The van der Waals surface area contributed by atoms with E-state index in [1.54, 1.807) is 60.7 Å². The molecule has 0 saturated carbocycles. The fourth-order valence-electron chi connectivity index (χ4n) is 4.00. The molecule has 4 rings (SSSR count). The number of ether oxygens (including phenoxy) is 4. The number of hydrogen-bond donors (Lipinski definition) is 4.